The van der Waals surface area contributed by atoms with Gasteiger partial charge in [-0.25, -0.2) is 0 Å². The van der Waals surface area contributed by atoms with Gasteiger partial charge in [0, 0.05) is 12.6 Å². The third-order valence-electron chi connectivity index (χ3n) is 4.23. The topological polar surface area (TPSA) is 41.6 Å². The van der Waals surface area contributed by atoms with Crippen LogP contribution in [0.2, 0.25) is 0 Å². The van der Waals surface area contributed by atoms with Crippen molar-refractivity contribution in [1.82, 2.24) is 10.2 Å². The molecule has 0 aliphatic carbocycles. The van der Waals surface area contributed by atoms with E-state index in [4.69, 9.17) is 4.74 Å². The molecule has 3 unspecified atom stereocenters. The average molecular weight is 294 g/mol. The Hall–Kier alpha value is -0.820. The van der Waals surface area contributed by atoms with Crippen LogP contribution in [0.25, 0.3) is 0 Å². The summed E-state index contributed by atoms with van der Waals surface area (Å²) in [4.78, 5) is 13.0. The van der Waals surface area contributed by atoms with Crippen LogP contribution in [0.5, 0.6) is 0 Å². The summed E-state index contributed by atoms with van der Waals surface area (Å²) in [7, 11) is 1.35. The number of esters is 1. The molecule has 2 aliphatic heterocycles. The number of carbonyl (C=O) groups excluding carboxylic acids is 1. The van der Waals surface area contributed by atoms with Gasteiger partial charge in [-0.3, -0.25) is 9.69 Å². The molecule has 3 atom stereocenters. The Morgan fingerprint density at radius 2 is 2.15 bits per heavy atom. The van der Waals surface area contributed by atoms with E-state index in [0.29, 0.717) is 38.9 Å². The van der Waals surface area contributed by atoms with Crippen LogP contribution in [0, 0.1) is 5.92 Å². The number of ether oxygens (including phenoxy) is 1. The zero-order valence-electron chi connectivity index (χ0n) is 11.6. The predicted octanol–water partition coefficient (Wildman–Crippen LogP) is 1.55. The van der Waals surface area contributed by atoms with E-state index in [9.17, 15) is 18.0 Å². The van der Waals surface area contributed by atoms with Gasteiger partial charge in [-0.15, -0.1) is 0 Å². The first-order chi connectivity index (χ1) is 9.41. The number of carbonyl (C=O) groups is 1. The van der Waals surface area contributed by atoms with Gasteiger partial charge in [-0.2, -0.15) is 13.2 Å². The van der Waals surface area contributed by atoms with Crippen molar-refractivity contribution < 1.29 is 22.7 Å². The van der Waals surface area contributed by atoms with Crippen molar-refractivity contribution in [2.24, 2.45) is 5.92 Å². The third kappa shape index (κ3) is 3.63. The maximum absolute atomic E-state index is 12.9. The van der Waals surface area contributed by atoms with Crippen LogP contribution in [0.15, 0.2) is 0 Å². The van der Waals surface area contributed by atoms with E-state index in [-0.39, 0.29) is 24.3 Å². The molecular weight excluding hydrogens is 273 g/mol. The van der Waals surface area contributed by atoms with E-state index in [1.54, 1.807) is 0 Å². The fraction of sp³-hybridized carbons (Fsp3) is 0.923. The molecule has 0 aromatic carbocycles. The van der Waals surface area contributed by atoms with Crippen LogP contribution in [0.4, 0.5) is 13.2 Å². The summed E-state index contributed by atoms with van der Waals surface area (Å²) in [5, 5.41) is 3.21. The van der Waals surface area contributed by atoms with Crippen molar-refractivity contribution in [2.45, 2.75) is 43.9 Å². The zero-order valence-corrected chi connectivity index (χ0v) is 11.6. The summed E-state index contributed by atoms with van der Waals surface area (Å²) in [5.74, 6) is -0.455. The molecule has 2 aliphatic rings. The standard InChI is InChI=1S/C13H21F3N2O2/c1-20-12(19)9-4-5-17-10(7-9)8-18-6-2-3-11(18)13(14,15)16/h9-11,17H,2-8H2,1H3. The summed E-state index contributed by atoms with van der Waals surface area (Å²) in [6.45, 7) is 1.47. The van der Waals surface area contributed by atoms with Crippen LogP contribution < -0.4 is 5.32 Å². The van der Waals surface area contributed by atoms with Gasteiger partial charge in [0.1, 0.15) is 6.04 Å². The van der Waals surface area contributed by atoms with Gasteiger partial charge >= 0.3 is 12.1 Å². The summed E-state index contributed by atoms with van der Waals surface area (Å²) in [6, 6.07) is -1.40. The molecule has 0 saturated carbocycles. The minimum Gasteiger partial charge on any atom is -0.469 e. The number of methoxy groups -OCH3 is 1. The molecule has 2 saturated heterocycles. The van der Waals surface area contributed by atoms with Crippen molar-refractivity contribution in [2.75, 3.05) is 26.7 Å². The number of hydrogen-bond donors (Lipinski definition) is 1. The molecule has 0 radical (unpaired) electrons. The lowest BCUT2D eigenvalue weighted by Gasteiger charge is -2.34. The largest absolute Gasteiger partial charge is 0.469 e. The fourth-order valence-corrected chi connectivity index (χ4v) is 3.22. The molecule has 0 bridgehead atoms. The Bertz CT molecular complexity index is 349. The molecule has 2 fully saturated rings. The highest BCUT2D eigenvalue weighted by Crippen LogP contribution is 2.33. The molecule has 2 rings (SSSR count). The highest BCUT2D eigenvalue weighted by atomic mass is 19.4. The van der Waals surface area contributed by atoms with Crippen LogP contribution >= 0.6 is 0 Å². The third-order valence-corrected chi connectivity index (χ3v) is 4.23. The maximum Gasteiger partial charge on any atom is 0.404 e. The summed E-state index contributed by atoms with van der Waals surface area (Å²) < 4.78 is 43.4. The summed E-state index contributed by atoms with van der Waals surface area (Å²) >= 11 is 0. The van der Waals surface area contributed by atoms with E-state index >= 15 is 0 Å². The lowest BCUT2D eigenvalue weighted by atomic mass is 9.92. The molecule has 1 N–H and O–H groups in total. The van der Waals surface area contributed by atoms with E-state index in [1.807, 2.05) is 0 Å². The summed E-state index contributed by atoms with van der Waals surface area (Å²) in [6.07, 6.45) is -2.17. The van der Waals surface area contributed by atoms with E-state index < -0.39 is 12.2 Å². The van der Waals surface area contributed by atoms with Gasteiger partial charge in [0.15, 0.2) is 0 Å². The number of hydrogen-bond acceptors (Lipinski definition) is 4. The average Bonchev–Trinajstić information content (AvgIpc) is 2.86. The maximum atomic E-state index is 12.9. The lowest BCUT2D eigenvalue weighted by Crippen LogP contribution is -2.51. The smallest absolute Gasteiger partial charge is 0.404 e. The second-order valence-electron chi connectivity index (χ2n) is 5.59. The molecular formula is C13H21F3N2O2. The van der Waals surface area contributed by atoms with Gasteiger partial charge in [-0.1, -0.05) is 0 Å². The fourth-order valence-electron chi connectivity index (χ4n) is 3.22. The van der Waals surface area contributed by atoms with Crippen LogP contribution in [-0.4, -0.2) is 55.9 Å². The first-order valence-corrected chi connectivity index (χ1v) is 7.03. The molecule has 2 heterocycles. The molecule has 0 aromatic rings. The minimum atomic E-state index is -4.16. The molecule has 0 amide bonds. The van der Waals surface area contributed by atoms with E-state index in [1.165, 1.54) is 12.0 Å². The number of piperidine rings is 1. The molecule has 0 spiro atoms. The summed E-state index contributed by atoms with van der Waals surface area (Å²) in [5.41, 5.74) is 0. The number of halogens is 3. The van der Waals surface area contributed by atoms with Gasteiger partial charge in [-0.05, 0) is 38.8 Å². The number of nitrogens with one attached hydrogen (secondary N) is 1. The van der Waals surface area contributed by atoms with E-state index in [0.717, 1.165) is 0 Å². The second-order valence-corrected chi connectivity index (χ2v) is 5.59. The second kappa shape index (κ2) is 6.30. The zero-order chi connectivity index (χ0) is 14.8. The van der Waals surface area contributed by atoms with Crippen molar-refractivity contribution in [3.05, 3.63) is 0 Å². The number of nitrogens with zero attached hydrogens (tertiary/aromatic N) is 1. The normalized spacial score (nSPS) is 32.3. The van der Waals surface area contributed by atoms with Crippen LogP contribution in [-0.2, 0) is 9.53 Å². The first-order valence-electron chi connectivity index (χ1n) is 7.03. The van der Waals surface area contributed by atoms with E-state index in [2.05, 4.69) is 5.32 Å². The Kier molecular flexibility index (Phi) is 4.90. The Morgan fingerprint density at radius 1 is 1.40 bits per heavy atom. The monoisotopic (exact) mass is 294 g/mol. The van der Waals surface area contributed by atoms with Gasteiger partial charge in [0.25, 0.3) is 0 Å². The molecule has 20 heavy (non-hydrogen) atoms. The Labute approximate surface area is 116 Å². The Morgan fingerprint density at radius 3 is 2.80 bits per heavy atom. The Balaban J connectivity index is 1.91. The van der Waals surface area contributed by atoms with Gasteiger partial charge in [0.2, 0.25) is 0 Å². The molecule has 7 heteroatoms. The van der Waals surface area contributed by atoms with Gasteiger partial charge in [0.05, 0.1) is 13.0 Å². The van der Waals surface area contributed by atoms with Crippen molar-refractivity contribution in [1.29, 1.82) is 0 Å². The molecule has 0 aromatic heterocycles. The quantitative estimate of drug-likeness (QED) is 0.802. The van der Waals surface area contributed by atoms with Gasteiger partial charge < -0.3 is 10.1 Å². The number of rotatable bonds is 3. The number of alkyl halides is 3. The molecule has 116 valence electrons. The lowest BCUT2D eigenvalue weighted by molar-refractivity contribution is -0.177. The van der Waals surface area contributed by atoms with Crippen LogP contribution in [0.3, 0.4) is 0 Å². The van der Waals surface area contributed by atoms with Crippen molar-refractivity contribution in [3.8, 4) is 0 Å². The highest BCUT2D eigenvalue weighted by molar-refractivity contribution is 5.72. The first kappa shape index (κ1) is 15.6. The number of likely N-dealkylation sites (tertiary alicyclic amines) is 1. The minimum absolute atomic E-state index is 0.0733. The predicted molar refractivity (Wildman–Crippen MR) is 67.2 cm³/mol. The molecule has 4 nitrogen and oxygen atoms in total. The SMILES string of the molecule is COC(=O)C1CCNC(CN2CCCC2C(F)(F)F)C1. The van der Waals surface area contributed by atoms with Crippen LogP contribution in [0.1, 0.15) is 25.7 Å². The van der Waals surface area contributed by atoms with Crippen molar-refractivity contribution in [3.63, 3.8) is 0 Å². The highest BCUT2D eigenvalue weighted by Gasteiger charge is 2.46. The van der Waals surface area contributed by atoms with Crippen molar-refractivity contribution >= 4 is 5.97 Å².